The quantitative estimate of drug-likeness (QED) is 0.503. The van der Waals surface area contributed by atoms with Gasteiger partial charge in [-0.2, -0.15) is 5.06 Å². The van der Waals surface area contributed by atoms with Crippen molar-refractivity contribution in [2.75, 3.05) is 25.2 Å². The highest BCUT2D eigenvalue weighted by molar-refractivity contribution is 6.03. The summed E-state index contributed by atoms with van der Waals surface area (Å²) in [6.07, 6.45) is 1.23. The Hall–Kier alpha value is -2.94. The average Bonchev–Trinajstić information content (AvgIpc) is 2.84. The highest BCUT2D eigenvalue weighted by Gasteiger charge is 2.40. The number of hydrogen-bond acceptors (Lipinski definition) is 7. The number of carbonyl (C=O) groups excluding carboxylic acids is 4. The van der Waals surface area contributed by atoms with Crippen molar-refractivity contribution >= 4 is 29.4 Å². The molecule has 0 radical (unpaired) electrons. The Morgan fingerprint density at radius 2 is 1.87 bits per heavy atom. The molecule has 1 unspecified atom stereocenters. The lowest BCUT2D eigenvalue weighted by molar-refractivity contribution is -0.204. The van der Waals surface area contributed by atoms with E-state index in [1.54, 1.807) is 12.1 Å². The number of benzene rings is 1. The normalized spacial score (nSPS) is 17.0. The van der Waals surface area contributed by atoms with E-state index in [1.165, 1.54) is 24.1 Å². The molecule has 1 N–H and O–H groups in total. The second kappa shape index (κ2) is 10.7. The molecule has 2 rings (SSSR count). The topological polar surface area (TPSA) is 113 Å². The van der Waals surface area contributed by atoms with Gasteiger partial charge in [0.05, 0.1) is 12.7 Å². The van der Waals surface area contributed by atoms with Crippen molar-refractivity contribution in [2.24, 2.45) is 5.92 Å². The van der Waals surface area contributed by atoms with Gasteiger partial charge in [0, 0.05) is 18.7 Å². The molecule has 1 aliphatic rings. The van der Waals surface area contributed by atoms with Crippen LogP contribution in [0, 0.1) is 5.92 Å². The lowest BCUT2D eigenvalue weighted by Crippen LogP contribution is -2.48. The lowest BCUT2D eigenvalue weighted by atomic mass is 10.0. The second-order valence-electron chi connectivity index (χ2n) is 7.47. The molecular formula is C21H28N2O7. The maximum atomic E-state index is 13.3. The van der Waals surface area contributed by atoms with Gasteiger partial charge < -0.3 is 14.7 Å². The summed E-state index contributed by atoms with van der Waals surface area (Å²) >= 11 is 0. The van der Waals surface area contributed by atoms with Crippen molar-refractivity contribution in [1.82, 2.24) is 5.06 Å². The largest absolute Gasteiger partial charge is 0.465 e. The number of carbonyl (C=O) groups is 4. The number of methoxy groups -OCH3 is 1. The molecule has 164 valence electrons. The van der Waals surface area contributed by atoms with E-state index in [9.17, 15) is 19.2 Å². The van der Waals surface area contributed by atoms with Crippen LogP contribution in [0.1, 0.15) is 49.9 Å². The van der Waals surface area contributed by atoms with Gasteiger partial charge in [0.2, 0.25) is 0 Å². The van der Waals surface area contributed by atoms with E-state index < -0.39 is 29.8 Å². The van der Waals surface area contributed by atoms with Crippen LogP contribution < -0.4 is 4.90 Å². The summed E-state index contributed by atoms with van der Waals surface area (Å²) < 4.78 is 4.67. The van der Waals surface area contributed by atoms with Crippen molar-refractivity contribution < 1.29 is 33.9 Å². The Morgan fingerprint density at radius 1 is 1.20 bits per heavy atom. The van der Waals surface area contributed by atoms with Crippen molar-refractivity contribution in [3.05, 3.63) is 29.8 Å². The maximum absolute atomic E-state index is 13.3. The summed E-state index contributed by atoms with van der Waals surface area (Å²) in [5.41, 5.74) is 0.721. The third-order valence-corrected chi connectivity index (χ3v) is 4.66. The minimum atomic E-state index is -0.960. The zero-order valence-corrected chi connectivity index (χ0v) is 17.5. The summed E-state index contributed by atoms with van der Waals surface area (Å²) in [5.74, 6) is -2.09. The Balaban J connectivity index is 2.32. The van der Waals surface area contributed by atoms with E-state index in [2.05, 4.69) is 4.74 Å². The number of amides is 2. The molecule has 1 aliphatic heterocycles. The number of hydroxylamine groups is 2. The van der Waals surface area contributed by atoms with Crippen molar-refractivity contribution in [2.45, 2.75) is 45.6 Å². The van der Waals surface area contributed by atoms with Crippen LogP contribution >= 0.6 is 0 Å². The van der Waals surface area contributed by atoms with Gasteiger partial charge in [0.15, 0.2) is 0 Å². The van der Waals surface area contributed by atoms with Gasteiger partial charge in [-0.05, 0) is 49.4 Å². The first-order valence-corrected chi connectivity index (χ1v) is 9.92. The van der Waals surface area contributed by atoms with E-state index in [0.29, 0.717) is 30.5 Å². The number of esters is 1. The third kappa shape index (κ3) is 5.79. The first-order chi connectivity index (χ1) is 14.3. The van der Waals surface area contributed by atoms with E-state index in [0.717, 1.165) is 5.06 Å². The second-order valence-corrected chi connectivity index (χ2v) is 7.47. The van der Waals surface area contributed by atoms with Crippen LogP contribution in [-0.4, -0.2) is 60.2 Å². The van der Waals surface area contributed by atoms with E-state index >= 15 is 0 Å². The summed E-state index contributed by atoms with van der Waals surface area (Å²) in [6.45, 7) is 3.41. The van der Waals surface area contributed by atoms with Gasteiger partial charge >= 0.3 is 11.9 Å². The fourth-order valence-corrected chi connectivity index (χ4v) is 3.17. The SMILES string of the molecule is COC(=O)c1ccc(N2CC(=O)ON(C(=O)CCCCO)C(CC(C)C)C2=O)cc1. The Bertz CT molecular complexity index is 776. The molecule has 1 aromatic rings. The van der Waals surface area contributed by atoms with Crippen LogP contribution in [0.25, 0.3) is 0 Å². The predicted molar refractivity (Wildman–Crippen MR) is 107 cm³/mol. The fourth-order valence-electron chi connectivity index (χ4n) is 3.17. The fraction of sp³-hybridized carbons (Fsp3) is 0.524. The molecule has 0 saturated carbocycles. The zero-order valence-electron chi connectivity index (χ0n) is 17.5. The van der Waals surface area contributed by atoms with Crippen LogP contribution in [-0.2, 0) is 24.0 Å². The molecule has 1 aromatic carbocycles. The van der Waals surface area contributed by atoms with E-state index in [4.69, 9.17) is 9.94 Å². The highest BCUT2D eigenvalue weighted by atomic mass is 16.7. The predicted octanol–water partition coefficient (Wildman–Crippen LogP) is 1.68. The summed E-state index contributed by atoms with van der Waals surface area (Å²) in [6, 6.07) is 5.13. The van der Waals surface area contributed by atoms with Gasteiger partial charge in [-0.1, -0.05) is 13.8 Å². The number of anilines is 1. The lowest BCUT2D eigenvalue weighted by Gasteiger charge is -2.29. The van der Waals surface area contributed by atoms with Gasteiger partial charge in [0.1, 0.15) is 12.6 Å². The Kier molecular flexibility index (Phi) is 8.35. The van der Waals surface area contributed by atoms with Gasteiger partial charge in [-0.3, -0.25) is 14.5 Å². The van der Waals surface area contributed by atoms with Crippen molar-refractivity contribution in [1.29, 1.82) is 0 Å². The molecule has 1 saturated heterocycles. The van der Waals surface area contributed by atoms with Crippen LogP contribution in [0.2, 0.25) is 0 Å². The first kappa shape index (κ1) is 23.3. The van der Waals surface area contributed by atoms with Crippen LogP contribution in [0.4, 0.5) is 5.69 Å². The number of rotatable bonds is 8. The molecule has 9 heteroatoms. The van der Waals surface area contributed by atoms with Gasteiger partial charge in [0.25, 0.3) is 11.8 Å². The molecule has 1 atom stereocenters. The van der Waals surface area contributed by atoms with E-state index in [1.807, 2.05) is 13.8 Å². The number of hydrogen-bond donors (Lipinski definition) is 1. The minimum absolute atomic E-state index is 0.0449. The third-order valence-electron chi connectivity index (χ3n) is 4.66. The molecular weight excluding hydrogens is 392 g/mol. The first-order valence-electron chi connectivity index (χ1n) is 9.92. The number of aliphatic hydroxyl groups is 1. The monoisotopic (exact) mass is 420 g/mol. The minimum Gasteiger partial charge on any atom is -0.465 e. The Labute approximate surface area is 175 Å². The maximum Gasteiger partial charge on any atom is 0.352 e. The van der Waals surface area contributed by atoms with Crippen molar-refractivity contribution in [3.8, 4) is 0 Å². The standard InChI is InChI=1S/C21H28N2O7/c1-14(2)12-17-20(27)22(16-9-7-15(8-10-16)21(28)29-3)13-19(26)30-23(17)18(25)6-4-5-11-24/h7-10,14,17,24H,4-6,11-13H2,1-3H3. The van der Waals surface area contributed by atoms with E-state index in [-0.39, 0.29) is 25.5 Å². The summed E-state index contributed by atoms with van der Waals surface area (Å²) in [4.78, 5) is 56.5. The van der Waals surface area contributed by atoms with Crippen LogP contribution in [0.15, 0.2) is 24.3 Å². The van der Waals surface area contributed by atoms with Gasteiger partial charge in [-0.15, -0.1) is 0 Å². The number of nitrogens with zero attached hydrogens (tertiary/aromatic N) is 2. The molecule has 9 nitrogen and oxygen atoms in total. The zero-order chi connectivity index (χ0) is 22.3. The number of aliphatic hydroxyl groups excluding tert-OH is 1. The molecule has 0 aliphatic carbocycles. The molecule has 30 heavy (non-hydrogen) atoms. The summed E-state index contributed by atoms with van der Waals surface area (Å²) in [7, 11) is 1.27. The summed E-state index contributed by atoms with van der Waals surface area (Å²) in [5, 5.41) is 9.81. The number of unbranched alkanes of at least 4 members (excludes halogenated alkanes) is 1. The average molecular weight is 420 g/mol. The smallest absolute Gasteiger partial charge is 0.352 e. The van der Waals surface area contributed by atoms with Gasteiger partial charge in [-0.25, -0.2) is 9.59 Å². The molecule has 2 amide bonds. The molecule has 0 spiro atoms. The molecule has 0 aromatic heterocycles. The molecule has 1 heterocycles. The molecule has 0 bridgehead atoms. The molecule has 1 fully saturated rings. The van der Waals surface area contributed by atoms with Crippen LogP contribution in [0.3, 0.4) is 0 Å². The highest BCUT2D eigenvalue weighted by Crippen LogP contribution is 2.25. The van der Waals surface area contributed by atoms with Crippen molar-refractivity contribution in [3.63, 3.8) is 0 Å². The number of ether oxygens (including phenoxy) is 1. The van der Waals surface area contributed by atoms with Crippen LogP contribution in [0.5, 0.6) is 0 Å². The Morgan fingerprint density at radius 3 is 2.43 bits per heavy atom.